The number of hydrogen-bond donors (Lipinski definition) is 2. The zero-order chi connectivity index (χ0) is 26.2. The summed E-state index contributed by atoms with van der Waals surface area (Å²) >= 11 is 1.58. The maximum absolute atomic E-state index is 9.10. The molecule has 2 N–H and O–H groups in total. The summed E-state index contributed by atoms with van der Waals surface area (Å²) in [5.41, 5.74) is 0.565. The van der Waals surface area contributed by atoms with E-state index < -0.39 is 11.9 Å². The van der Waals surface area contributed by atoms with E-state index in [2.05, 4.69) is 58.5 Å². The number of rotatable bonds is 7. The highest BCUT2D eigenvalue weighted by Gasteiger charge is 2.20. The van der Waals surface area contributed by atoms with E-state index in [9.17, 15) is 0 Å². The van der Waals surface area contributed by atoms with E-state index in [1.165, 1.54) is 10.1 Å². The van der Waals surface area contributed by atoms with Gasteiger partial charge in [-0.05, 0) is 30.1 Å². The molecule has 14 heteroatoms. The van der Waals surface area contributed by atoms with Crippen LogP contribution in [0.3, 0.4) is 0 Å². The summed E-state index contributed by atoms with van der Waals surface area (Å²) in [5.74, 6) is -1.09. The van der Waals surface area contributed by atoms with Crippen molar-refractivity contribution in [3.63, 3.8) is 0 Å². The number of aromatic nitrogens is 5. The number of aryl methyl sites for hydroxylation is 1. The average Bonchev–Trinajstić information content (AvgIpc) is 3.54. The van der Waals surface area contributed by atoms with Gasteiger partial charge in [-0.1, -0.05) is 17.3 Å². The number of nitrogens with zero attached hydrogens (tertiary/aromatic N) is 7. The summed E-state index contributed by atoms with van der Waals surface area (Å²) in [7, 11) is 0. The topological polar surface area (TPSA) is 168 Å². The van der Waals surface area contributed by atoms with Crippen LogP contribution in [0.25, 0.3) is 21.6 Å². The molecule has 0 radical (unpaired) electrons. The fraction of sp³-hybridized carbons (Fsp3) is 0.348. The van der Waals surface area contributed by atoms with Gasteiger partial charge in [0.1, 0.15) is 11.5 Å². The first-order chi connectivity index (χ1) is 17.9. The van der Waals surface area contributed by atoms with Crippen LogP contribution >= 0.6 is 11.5 Å². The molecule has 37 heavy (non-hydrogen) atoms. The highest BCUT2D eigenvalue weighted by atomic mass is 32.1. The van der Waals surface area contributed by atoms with E-state index in [0.29, 0.717) is 29.9 Å². The second-order valence-electron chi connectivity index (χ2n) is 8.02. The van der Waals surface area contributed by atoms with Gasteiger partial charge in [0.2, 0.25) is 17.6 Å². The lowest BCUT2D eigenvalue weighted by Crippen LogP contribution is -2.47. The first-order valence-electron chi connectivity index (χ1n) is 11.4. The van der Waals surface area contributed by atoms with Crippen LogP contribution in [0.1, 0.15) is 12.3 Å². The monoisotopic (exact) mass is 527 g/mol. The fourth-order valence-corrected chi connectivity index (χ4v) is 4.45. The number of anilines is 1. The van der Waals surface area contributed by atoms with Crippen molar-refractivity contribution >= 4 is 39.4 Å². The molecule has 194 valence electrons. The van der Waals surface area contributed by atoms with Gasteiger partial charge in [-0.25, -0.2) is 19.6 Å². The van der Waals surface area contributed by atoms with Crippen molar-refractivity contribution in [3.05, 3.63) is 42.5 Å². The minimum absolute atomic E-state index is 0.432. The van der Waals surface area contributed by atoms with E-state index in [4.69, 9.17) is 29.1 Å². The van der Waals surface area contributed by atoms with Crippen LogP contribution in [-0.2, 0) is 9.59 Å². The Labute approximate surface area is 215 Å². The molecule has 0 bridgehead atoms. The SMILES string of the molecule is Cc1nc(-c2cnc(OCCCN3CCN(c4nsc5ccccc45)CC3)cn2)no1.O=C(O)C(=O)O. The number of fused-ring (bicyclic) bond motifs is 1. The number of ether oxygens (including phenoxy) is 1. The van der Waals surface area contributed by atoms with Crippen molar-refractivity contribution in [3.8, 4) is 17.4 Å². The molecule has 0 unspecified atom stereocenters. The molecule has 0 saturated carbocycles. The van der Waals surface area contributed by atoms with Gasteiger partial charge in [-0.3, -0.25) is 4.90 Å². The van der Waals surface area contributed by atoms with Gasteiger partial charge in [-0.2, -0.15) is 9.36 Å². The Morgan fingerprint density at radius 2 is 1.84 bits per heavy atom. The summed E-state index contributed by atoms with van der Waals surface area (Å²) in [6.07, 6.45) is 4.13. The van der Waals surface area contributed by atoms with Crippen LogP contribution in [0.5, 0.6) is 5.88 Å². The molecule has 0 spiro atoms. The normalized spacial score (nSPS) is 13.7. The molecule has 0 amide bonds. The maximum Gasteiger partial charge on any atom is 0.414 e. The fourth-order valence-electron chi connectivity index (χ4n) is 3.66. The van der Waals surface area contributed by atoms with Gasteiger partial charge in [0, 0.05) is 45.0 Å². The standard InChI is InChI=1S/C21H23N7O2S.C2H2O4/c1-15-24-20(25-30-15)17-13-23-19(14-22-17)29-12-4-7-27-8-10-28(11-9-27)21-16-5-2-3-6-18(16)31-26-21;3-1(4)2(5)6/h2-3,5-6,13-14H,4,7-12H2,1H3;(H,3,4)(H,5,6). The summed E-state index contributed by atoms with van der Waals surface area (Å²) in [4.78, 5) is 35.8. The minimum Gasteiger partial charge on any atom is -0.477 e. The van der Waals surface area contributed by atoms with Crippen LogP contribution in [-0.4, -0.2) is 90.9 Å². The molecule has 0 aliphatic carbocycles. The van der Waals surface area contributed by atoms with Gasteiger partial charge in [0.25, 0.3) is 0 Å². The Bertz CT molecular complexity index is 1320. The third-order valence-corrected chi connectivity index (χ3v) is 6.28. The zero-order valence-electron chi connectivity index (χ0n) is 20.0. The second-order valence-corrected chi connectivity index (χ2v) is 8.83. The molecule has 1 fully saturated rings. The average molecular weight is 528 g/mol. The van der Waals surface area contributed by atoms with Crippen molar-refractivity contribution in [1.82, 2.24) is 29.4 Å². The number of carboxylic acids is 2. The summed E-state index contributed by atoms with van der Waals surface area (Å²) in [6, 6.07) is 8.45. The first kappa shape index (κ1) is 25.9. The number of piperazine rings is 1. The summed E-state index contributed by atoms with van der Waals surface area (Å²) in [6.45, 7) is 7.40. The highest BCUT2D eigenvalue weighted by Crippen LogP contribution is 2.29. The number of hydrogen-bond acceptors (Lipinski definition) is 12. The molecule has 5 rings (SSSR count). The van der Waals surface area contributed by atoms with Crippen molar-refractivity contribution in [2.24, 2.45) is 0 Å². The van der Waals surface area contributed by atoms with Crippen LogP contribution in [0.15, 0.2) is 41.2 Å². The van der Waals surface area contributed by atoms with Crippen LogP contribution in [0, 0.1) is 6.92 Å². The van der Waals surface area contributed by atoms with E-state index in [1.807, 2.05) is 0 Å². The smallest absolute Gasteiger partial charge is 0.414 e. The van der Waals surface area contributed by atoms with Crippen LogP contribution < -0.4 is 9.64 Å². The van der Waals surface area contributed by atoms with Crippen LogP contribution in [0.2, 0.25) is 0 Å². The lowest BCUT2D eigenvalue weighted by molar-refractivity contribution is -0.159. The molecule has 13 nitrogen and oxygen atoms in total. The Morgan fingerprint density at radius 1 is 1.08 bits per heavy atom. The van der Waals surface area contributed by atoms with E-state index in [1.54, 1.807) is 30.8 Å². The van der Waals surface area contributed by atoms with Crippen molar-refractivity contribution in [1.29, 1.82) is 0 Å². The molecular formula is C23H25N7O6S. The quantitative estimate of drug-likeness (QED) is 0.265. The van der Waals surface area contributed by atoms with Gasteiger partial charge in [0.05, 0.1) is 23.7 Å². The lowest BCUT2D eigenvalue weighted by atomic mass is 10.2. The molecule has 1 saturated heterocycles. The summed E-state index contributed by atoms with van der Waals surface area (Å²) in [5, 5.41) is 19.9. The molecule has 4 heterocycles. The zero-order valence-corrected chi connectivity index (χ0v) is 20.8. The van der Waals surface area contributed by atoms with Crippen molar-refractivity contribution in [2.75, 3.05) is 44.2 Å². The number of carbonyl (C=O) groups is 2. The molecular weight excluding hydrogens is 502 g/mol. The Kier molecular flexibility index (Phi) is 8.53. The number of benzene rings is 1. The van der Waals surface area contributed by atoms with Gasteiger partial charge in [-0.15, -0.1) is 0 Å². The van der Waals surface area contributed by atoms with Crippen LogP contribution in [0.4, 0.5) is 5.82 Å². The molecule has 1 aliphatic heterocycles. The number of aliphatic carboxylic acids is 2. The first-order valence-corrected chi connectivity index (χ1v) is 12.2. The molecule has 4 aromatic rings. The predicted molar refractivity (Wildman–Crippen MR) is 134 cm³/mol. The third kappa shape index (κ3) is 6.95. The van der Waals surface area contributed by atoms with Gasteiger partial charge in [0.15, 0.2) is 0 Å². The largest absolute Gasteiger partial charge is 0.477 e. The Balaban J connectivity index is 0.000000480. The second kappa shape index (κ2) is 12.2. The maximum atomic E-state index is 9.10. The Hall–Kier alpha value is -4.17. The van der Waals surface area contributed by atoms with Gasteiger partial charge >= 0.3 is 11.9 Å². The third-order valence-electron chi connectivity index (χ3n) is 5.47. The Morgan fingerprint density at radius 3 is 2.49 bits per heavy atom. The van der Waals surface area contributed by atoms with Gasteiger partial charge < -0.3 is 24.4 Å². The molecule has 0 atom stereocenters. The summed E-state index contributed by atoms with van der Waals surface area (Å²) < 4.78 is 16.6. The molecule has 3 aromatic heterocycles. The highest BCUT2D eigenvalue weighted by molar-refractivity contribution is 7.13. The van der Waals surface area contributed by atoms with E-state index in [0.717, 1.165) is 45.0 Å². The molecule has 1 aliphatic rings. The van der Waals surface area contributed by atoms with Crippen molar-refractivity contribution in [2.45, 2.75) is 13.3 Å². The lowest BCUT2D eigenvalue weighted by Gasteiger charge is -2.35. The molecule has 1 aromatic carbocycles. The minimum atomic E-state index is -1.82. The van der Waals surface area contributed by atoms with Crippen molar-refractivity contribution < 1.29 is 29.1 Å². The predicted octanol–water partition coefficient (Wildman–Crippen LogP) is 2.19. The van der Waals surface area contributed by atoms with E-state index >= 15 is 0 Å². The number of carboxylic acid groups (broad SMARTS) is 2. The van der Waals surface area contributed by atoms with E-state index in [-0.39, 0.29) is 0 Å².